The van der Waals surface area contributed by atoms with Crippen LogP contribution in [0, 0.1) is 11.8 Å². The summed E-state index contributed by atoms with van der Waals surface area (Å²) in [6.07, 6.45) is -0.622. The Morgan fingerprint density at radius 3 is 3.00 bits per heavy atom. The van der Waals surface area contributed by atoms with Crippen molar-refractivity contribution in [1.82, 2.24) is 4.98 Å². The number of hydrogen-bond acceptors (Lipinski definition) is 3. The number of nitrogens with two attached hydrogens (primary N) is 1. The lowest BCUT2D eigenvalue weighted by Gasteiger charge is -1.95. The Morgan fingerprint density at radius 1 is 1.62 bits per heavy atom. The normalized spacial score (nSPS) is 11.6. The number of rotatable bonds is 1. The summed E-state index contributed by atoms with van der Waals surface area (Å²) in [5.74, 6) is 5.37. The molecule has 0 unspecified atom stereocenters. The van der Waals surface area contributed by atoms with E-state index >= 15 is 0 Å². The molecule has 0 amide bonds. The third-order valence-electron chi connectivity index (χ3n) is 1.43. The van der Waals surface area contributed by atoms with E-state index in [1.165, 1.54) is 0 Å². The maximum atomic E-state index is 8.91. The third kappa shape index (κ3) is 3.24. The highest BCUT2D eigenvalue weighted by Gasteiger charge is 1.92. The summed E-state index contributed by atoms with van der Waals surface area (Å²) in [5.41, 5.74) is 6.86. The number of nitrogens with zero attached hydrogens (tertiary/aromatic N) is 1. The van der Waals surface area contributed by atoms with Crippen LogP contribution in [0.2, 0.25) is 0 Å². The van der Waals surface area contributed by atoms with E-state index in [0.29, 0.717) is 12.2 Å². The second-order valence-corrected chi connectivity index (χ2v) is 2.66. The lowest BCUT2D eigenvalue weighted by molar-refractivity contribution is 0.253. The van der Waals surface area contributed by atoms with Crippen LogP contribution in [-0.4, -0.2) is 16.2 Å². The first kappa shape index (κ1) is 9.72. The third-order valence-corrected chi connectivity index (χ3v) is 1.43. The molecule has 1 heterocycles. The van der Waals surface area contributed by atoms with Gasteiger partial charge in [0.2, 0.25) is 0 Å². The smallest absolute Gasteiger partial charge is 0.113 e. The number of aliphatic hydroxyl groups is 1. The van der Waals surface area contributed by atoms with Gasteiger partial charge in [-0.3, -0.25) is 0 Å². The van der Waals surface area contributed by atoms with Crippen LogP contribution in [0.1, 0.15) is 18.3 Å². The number of aliphatic hydroxyl groups excluding tert-OH is 1. The van der Waals surface area contributed by atoms with Crippen molar-refractivity contribution in [3.05, 3.63) is 29.6 Å². The fourth-order valence-corrected chi connectivity index (χ4v) is 0.841. The predicted octanol–water partition coefficient (Wildman–Crippen LogP) is 0.273. The average Bonchev–Trinajstić information content (AvgIpc) is 2.15. The topological polar surface area (TPSA) is 59.1 Å². The van der Waals surface area contributed by atoms with Crippen molar-refractivity contribution in [2.24, 2.45) is 5.73 Å². The van der Waals surface area contributed by atoms with Gasteiger partial charge in [-0.25, -0.2) is 4.98 Å². The zero-order valence-electron chi connectivity index (χ0n) is 7.49. The molecule has 0 aliphatic rings. The van der Waals surface area contributed by atoms with E-state index in [-0.39, 0.29) is 0 Å². The molecule has 1 rings (SSSR count). The van der Waals surface area contributed by atoms with Crippen LogP contribution in [0.25, 0.3) is 0 Å². The zero-order chi connectivity index (χ0) is 9.68. The summed E-state index contributed by atoms with van der Waals surface area (Å²) in [5, 5.41) is 8.91. The van der Waals surface area contributed by atoms with Gasteiger partial charge in [0.1, 0.15) is 11.8 Å². The van der Waals surface area contributed by atoms with Crippen molar-refractivity contribution >= 4 is 0 Å². The molecule has 3 N–H and O–H groups in total. The Hall–Kier alpha value is -1.37. The van der Waals surface area contributed by atoms with Gasteiger partial charge in [0, 0.05) is 6.54 Å². The predicted molar refractivity (Wildman–Crippen MR) is 50.7 cm³/mol. The van der Waals surface area contributed by atoms with E-state index in [1.807, 2.05) is 12.1 Å². The van der Waals surface area contributed by atoms with Gasteiger partial charge in [0.25, 0.3) is 0 Å². The SMILES string of the molecule is C[C@H](O)C#Cc1cccc(CN)n1. The summed E-state index contributed by atoms with van der Waals surface area (Å²) in [6, 6.07) is 5.48. The largest absolute Gasteiger partial charge is 0.381 e. The number of hydrogen-bond donors (Lipinski definition) is 2. The molecule has 0 aromatic carbocycles. The van der Waals surface area contributed by atoms with Crippen molar-refractivity contribution in [1.29, 1.82) is 0 Å². The first-order valence-electron chi connectivity index (χ1n) is 4.08. The van der Waals surface area contributed by atoms with Gasteiger partial charge in [-0.05, 0) is 25.0 Å². The van der Waals surface area contributed by atoms with Gasteiger partial charge < -0.3 is 10.8 Å². The van der Waals surface area contributed by atoms with Crippen LogP contribution in [-0.2, 0) is 6.54 Å². The fraction of sp³-hybridized carbons (Fsp3) is 0.300. The molecule has 0 fully saturated rings. The summed E-state index contributed by atoms with van der Waals surface area (Å²) in [7, 11) is 0. The summed E-state index contributed by atoms with van der Waals surface area (Å²) in [4.78, 5) is 4.15. The first-order chi connectivity index (χ1) is 6.22. The highest BCUT2D eigenvalue weighted by atomic mass is 16.3. The summed E-state index contributed by atoms with van der Waals surface area (Å²) in [6.45, 7) is 2.02. The summed E-state index contributed by atoms with van der Waals surface area (Å²) >= 11 is 0. The Balaban J connectivity index is 2.85. The molecule has 0 radical (unpaired) electrons. The number of pyridine rings is 1. The van der Waals surface area contributed by atoms with Gasteiger partial charge in [0.05, 0.1) is 5.69 Å². The molecule has 0 saturated heterocycles. The van der Waals surface area contributed by atoms with Crippen molar-refractivity contribution in [2.45, 2.75) is 19.6 Å². The maximum Gasteiger partial charge on any atom is 0.113 e. The highest BCUT2D eigenvalue weighted by Crippen LogP contribution is 1.96. The molecule has 0 bridgehead atoms. The second kappa shape index (κ2) is 4.61. The van der Waals surface area contributed by atoms with Crippen LogP contribution in [0.4, 0.5) is 0 Å². The van der Waals surface area contributed by atoms with E-state index in [1.54, 1.807) is 13.0 Å². The minimum absolute atomic E-state index is 0.407. The molecule has 3 nitrogen and oxygen atoms in total. The van der Waals surface area contributed by atoms with Crippen molar-refractivity contribution in [2.75, 3.05) is 0 Å². The van der Waals surface area contributed by atoms with Gasteiger partial charge in [-0.1, -0.05) is 12.0 Å². The molecule has 0 spiro atoms. The molecule has 0 saturated carbocycles. The second-order valence-electron chi connectivity index (χ2n) is 2.66. The van der Waals surface area contributed by atoms with Crippen LogP contribution in [0.5, 0.6) is 0 Å². The van der Waals surface area contributed by atoms with Gasteiger partial charge in [-0.2, -0.15) is 0 Å². The molecular formula is C10H12N2O. The Bertz CT molecular complexity index is 336. The van der Waals surface area contributed by atoms with E-state index < -0.39 is 6.10 Å². The van der Waals surface area contributed by atoms with Crippen LogP contribution in [0.3, 0.4) is 0 Å². The zero-order valence-corrected chi connectivity index (χ0v) is 7.49. The van der Waals surface area contributed by atoms with Crippen LogP contribution in [0.15, 0.2) is 18.2 Å². The lowest BCUT2D eigenvalue weighted by Crippen LogP contribution is -2.00. The minimum atomic E-state index is -0.622. The van der Waals surface area contributed by atoms with Crippen LogP contribution < -0.4 is 5.73 Å². The Labute approximate surface area is 77.6 Å². The quantitative estimate of drug-likeness (QED) is 0.604. The van der Waals surface area contributed by atoms with Crippen molar-refractivity contribution < 1.29 is 5.11 Å². The van der Waals surface area contributed by atoms with Crippen LogP contribution >= 0.6 is 0 Å². The van der Waals surface area contributed by atoms with E-state index in [2.05, 4.69) is 16.8 Å². The Kier molecular flexibility index (Phi) is 3.44. The van der Waals surface area contributed by atoms with E-state index in [4.69, 9.17) is 10.8 Å². The number of aromatic nitrogens is 1. The lowest BCUT2D eigenvalue weighted by atomic mass is 10.3. The van der Waals surface area contributed by atoms with Gasteiger partial charge in [0.15, 0.2) is 0 Å². The van der Waals surface area contributed by atoms with E-state index in [0.717, 1.165) is 5.69 Å². The maximum absolute atomic E-state index is 8.91. The molecule has 68 valence electrons. The molecule has 1 atom stereocenters. The first-order valence-corrected chi connectivity index (χ1v) is 4.08. The molecule has 1 aromatic heterocycles. The van der Waals surface area contributed by atoms with Gasteiger partial charge >= 0.3 is 0 Å². The monoisotopic (exact) mass is 176 g/mol. The van der Waals surface area contributed by atoms with Crippen molar-refractivity contribution in [3.8, 4) is 11.8 Å². The Morgan fingerprint density at radius 2 is 2.38 bits per heavy atom. The molecule has 0 aliphatic heterocycles. The minimum Gasteiger partial charge on any atom is -0.381 e. The molecular weight excluding hydrogens is 164 g/mol. The standard InChI is InChI=1S/C10H12N2O/c1-8(13)5-6-9-3-2-4-10(7-11)12-9/h2-4,8,13H,7,11H2,1H3/t8-/m0/s1. The molecule has 0 aliphatic carbocycles. The molecule has 1 aromatic rings. The fourth-order valence-electron chi connectivity index (χ4n) is 0.841. The molecule has 13 heavy (non-hydrogen) atoms. The average molecular weight is 176 g/mol. The van der Waals surface area contributed by atoms with E-state index in [9.17, 15) is 0 Å². The van der Waals surface area contributed by atoms with Gasteiger partial charge in [-0.15, -0.1) is 0 Å². The summed E-state index contributed by atoms with van der Waals surface area (Å²) < 4.78 is 0. The highest BCUT2D eigenvalue weighted by molar-refractivity contribution is 5.29. The van der Waals surface area contributed by atoms with Crippen molar-refractivity contribution in [3.63, 3.8) is 0 Å². The molecule has 3 heteroatoms.